The van der Waals surface area contributed by atoms with Gasteiger partial charge in [-0.3, -0.25) is 0 Å². The summed E-state index contributed by atoms with van der Waals surface area (Å²) in [5, 5.41) is 0. The van der Waals surface area contributed by atoms with Gasteiger partial charge in [0, 0.05) is 11.1 Å². The molecule has 0 saturated heterocycles. The third-order valence-electron chi connectivity index (χ3n) is 1.69. The van der Waals surface area contributed by atoms with Crippen LogP contribution in [0, 0.1) is 23.7 Å². The highest BCUT2D eigenvalue weighted by molar-refractivity contribution is 5.48. The van der Waals surface area contributed by atoms with Crippen LogP contribution in [-0.4, -0.2) is 0 Å². The summed E-state index contributed by atoms with van der Waals surface area (Å²) >= 11 is 0. The Labute approximate surface area is 93.8 Å². The minimum absolute atomic E-state index is 1.01. The molecule has 0 nitrogen and oxygen atoms in total. The quantitative estimate of drug-likeness (QED) is 0.477. The summed E-state index contributed by atoms with van der Waals surface area (Å²) in [6, 6.07) is 0. The fraction of sp³-hybridized carbons (Fsp3) is 0.333. The molecule has 0 fully saturated rings. The number of hydrogen-bond donors (Lipinski definition) is 0. The molecule has 0 N–H and O–H groups in total. The standard InChI is InChI=1S/C15H18/c1-5-9-12-15(11-7-3)13-14(8-4)10-6-2/h8-9,12-13H,5H2,1-4H3/b12-9+,14-8-,15-13-. The van der Waals surface area contributed by atoms with Gasteiger partial charge in [-0.15, -0.1) is 11.8 Å². The predicted molar refractivity (Wildman–Crippen MR) is 68.2 cm³/mol. The first-order chi connectivity index (χ1) is 7.28. The number of rotatable bonds is 3. The van der Waals surface area contributed by atoms with Crippen LogP contribution in [-0.2, 0) is 0 Å². The molecule has 0 saturated carbocycles. The highest BCUT2D eigenvalue weighted by atomic mass is 13.9. The van der Waals surface area contributed by atoms with Crippen molar-refractivity contribution in [3.63, 3.8) is 0 Å². The van der Waals surface area contributed by atoms with Crippen molar-refractivity contribution in [3.05, 3.63) is 35.5 Å². The highest BCUT2D eigenvalue weighted by Gasteiger charge is 1.88. The van der Waals surface area contributed by atoms with Crippen molar-refractivity contribution in [2.75, 3.05) is 0 Å². The second kappa shape index (κ2) is 8.92. The molecule has 15 heavy (non-hydrogen) atoms. The van der Waals surface area contributed by atoms with Gasteiger partial charge in [0.1, 0.15) is 0 Å². The van der Waals surface area contributed by atoms with Gasteiger partial charge in [0.2, 0.25) is 0 Å². The van der Waals surface area contributed by atoms with Crippen LogP contribution in [0.3, 0.4) is 0 Å². The molecule has 0 radical (unpaired) electrons. The molecule has 0 amide bonds. The monoisotopic (exact) mass is 198 g/mol. The maximum Gasteiger partial charge on any atom is 0.0254 e. The number of hydrogen-bond acceptors (Lipinski definition) is 0. The van der Waals surface area contributed by atoms with Gasteiger partial charge >= 0.3 is 0 Å². The van der Waals surface area contributed by atoms with Gasteiger partial charge in [-0.2, -0.15) is 0 Å². The molecule has 0 atom stereocenters. The van der Waals surface area contributed by atoms with E-state index in [9.17, 15) is 0 Å². The van der Waals surface area contributed by atoms with Crippen molar-refractivity contribution < 1.29 is 0 Å². The molecule has 0 bridgehead atoms. The second-order valence-corrected chi connectivity index (χ2v) is 2.90. The lowest BCUT2D eigenvalue weighted by Crippen LogP contribution is -1.77. The molecule has 0 aliphatic rings. The third-order valence-corrected chi connectivity index (χ3v) is 1.69. The van der Waals surface area contributed by atoms with Crippen LogP contribution in [0.15, 0.2) is 35.5 Å². The van der Waals surface area contributed by atoms with Crippen LogP contribution in [0.1, 0.15) is 34.1 Å². The average Bonchev–Trinajstić information content (AvgIpc) is 2.25. The van der Waals surface area contributed by atoms with Gasteiger partial charge in [-0.1, -0.05) is 37.0 Å². The van der Waals surface area contributed by atoms with E-state index in [1.807, 2.05) is 39.0 Å². The topological polar surface area (TPSA) is 0 Å². The van der Waals surface area contributed by atoms with E-state index in [1.54, 1.807) is 0 Å². The maximum atomic E-state index is 3.06. The van der Waals surface area contributed by atoms with Gasteiger partial charge in [-0.25, -0.2) is 0 Å². The first-order valence-electron chi connectivity index (χ1n) is 5.18. The van der Waals surface area contributed by atoms with Crippen molar-refractivity contribution in [1.29, 1.82) is 0 Å². The van der Waals surface area contributed by atoms with E-state index in [-0.39, 0.29) is 0 Å². The van der Waals surface area contributed by atoms with E-state index in [0.29, 0.717) is 0 Å². The van der Waals surface area contributed by atoms with Crippen molar-refractivity contribution in [2.24, 2.45) is 0 Å². The van der Waals surface area contributed by atoms with Crippen molar-refractivity contribution >= 4 is 0 Å². The molecule has 0 aromatic rings. The number of allylic oxidation sites excluding steroid dienone is 6. The molecule has 0 spiro atoms. The third kappa shape index (κ3) is 6.42. The van der Waals surface area contributed by atoms with E-state index in [4.69, 9.17) is 0 Å². The first kappa shape index (κ1) is 13.3. The maximum absolute atomic E-state index is 3.06. The van der Waals surface area contributed by atoms with E-state index in [1.165, 1.54) is 0 Å². The Kier molecular flexibility index (Phi) is 7.93. The Bertz CT molecular complexity index is 381. The van der Waals surface area contributed by atoms with Crippen LogP contribution < -0.4 is 0 Å². The zero-order valence-electron chi connectivity index (χ0n) is 10.0. The van der Waals surface area contributed by atoms with Crippen molar-refractivity contribution in [1.82, 2.24) is 0 Å². The molecule has 0 heteroatoms. The fourth-order valence-electron chi connectivity index (χ4n) is 1.02. The van der Waals surface area contributed by atoms with Gasteiger partial charge in [0.15, 0.2) is 0 Å². The Hall–Kier alpha value is -1.66. The SMILES string of the molecule is CC#CC(=C/C)/C=C(C#CC)\C=C\CC. The lowest BCUT2D eigenvalue weighted by molar-refractivity contribution is 1.22. The Morgan fingerprint density at radius 2 is 1.67 bits per heavy atom. The van der Waals surface area contributed by atoms with Gasteiger partial charge < -0.3 is 0 Å². The van der Waals surface area contributed by atoms with Gasteiger partial charge in [0.25, 0.3) is 0 Å². The van der Waals surface area contributed by atoms with Crippen LogP contribution in [0.4, 0.5) is 0 Å². The van der Waals surface area contributed by atoms with Crippen molar-refractivity contribution in [2.45, 2.75) is 34.1 Å². The summed E-state index contributed by atoms with van der Waals surface area (Å²) in [5.41, 5.74) is 2.02. The normalized spacial score (nSPS) is 11.7. The molecule has 0 aromatic heterocycles. The molecular formula is C15H18. The minimum Gasteiger partial charge on any atom is -0.101 e. The average molecular weight is 198 g/mol. The first-order valence-corrected chi connectivity index (χ1v) is 5.18. The van der Waals surface area contributed by atoms with Crippen LogP contribution in [0.25, 0.3) is 0 Å². The van der Waals surface area contributed by atoms with Crippen LogP contribution in [0.2, 0.25) is 0 Å². The van der Waals surface area contributed by atoms with E-state index < -0.39 is 0 Å². The van der Waals surface area contributed by atoms with E-state index >= 15 is 0 Å². The van der Waals surface area contributed by atoms with Crippen LogP contribution in [0.5, 0.6) is 0 Å². The minimum atomic E-state index is 1.01. The largest absolute Gasteiger partial charge is 0.101 e. The summed E-state index contributed by atoms with van der Waals surface area (Å²) in [6.07, 6.45) is 9.17. The summed E-state index contributed by atoms with van der Waals surface area (Å²) < 4.78 is 0. The summed E-state index contributed by atoms with van der Waals surface area (Å²) in [6.45, 7) is 7.77. The predicted octanol–water partition coefficient (Wildman–Crippen LogP) is 3.87. The Balaban J connectivity index is 5.00. The lowest BCUT2D eigenvalue weighted by atomic mass is 10.1. The smallest absolute Gasteiger partial charge is 0.0254 e. The lowest BCUT2D eigenvalue weighted by Gasteiger charge is -1.92. The van der Waals surface area contributed by atoms with Gasteiger partial charge in [0.05, 0.1) is 0 Å². The van der Waals surface area contributed by atoms with E-state index in [2.05, 4.69) is 36.7 Å². The molecule has 0 rings (SSSR count). The van der Waals surface area contributed by atoms with Gasteiger partial charge in [-0.05, 0) is 33.3 Å². The molecule has 78 valence electrons. The van der Waals surface area contributed by atoms with Crippen LogP contribution >= 0.6 is 0 Å². The molecule has 0 aliphatic carbocycles. The molecule has 0 unspecified atom stereocenters. The summed E-state index contributed by atoms with van der Waals surface area (Å²) in [7, 11) is 0. The Morgan fingerprint density at radius 1 is 1.07 bits per heavy atom. The Morgan fingerprint density at radius 3 is 2.13 bits per heavy atom. The summed E-state index contributed by atoms with van der Waals surface area (Å²) in [4.78, 5) is 0. The second-order valence-electron chi connectivity index (χ2n) is 2.90. The van der Waals surface area contributed by atoms with Crippen molar-refractivity contribution in [3.8, 4) is 23.7 Å². The zero-order valence-corrected chi connectivity index (χ0v) is 10.0. The summed E-state index contributed by atoms with van der Waals surface area (Å²) in [5.74, 6) is 11.9. The molecule has 0 aromatic carbocycles. The highest BCUT2D eigenvalue weighted by Crippen LogP contribution is 2.03. The molecular weight excluding hydrogens is 180 g/mol. The molecule has 0 heterocycles. The van der Waals surface area contributed by atoms with E-state index in [0.717, 1.165) is 17.6 Å². The zero-order chi connectivity index (χ0) is 11.5. The molecule has 0 aliphatic heterocycles. The fourth-order valence-corrected chi connectivity index (χ4v) is 1.02.